The average Bonchev–Trinajstić information content (AvgIpc) is 2.89. The van der Waals surface area contributed by atoms with Crippen molar-refractivity contribution in [1.29, 1.82) is 0 Å². The van der Waals surface area contributed by atoms with E-state index in [9.17, 15) is 0 Å². The first-order chi connectivity index (χ1) is 10.1. The van der Waals surface area contributed by atoms with Crippen LogP contribution in [0.2, 0.25) is 0 Å². The van der Waals surface area contributed by atoms with Gasteiger partial charge in [-0.05, 0) is 42.8 Å². The van der Waals surface area contributed by atoms with Crippen molar-refractivity contribution >= 4 is 34.9 Å². The molecular formula is C15H21N3S3. The zero-order chi connectivity index (χ0) is 15.2. The molecule has 0 unspecified atom stereocenters. The van der Waals surface area contributed by atoms with E-state index in [0.717, 1.165) is 21.8 Å². The second kappa shape index (κ2) is 8.17. The third kappa shape index (κ3) is 5.29. The Morgan fingerprint density at radius 1 is 1.24 bits per heavy atom. The summed E-state index contributed by atoms with van der Waals surface area (Å²) < 4.78 is 2.03. The van der Waals surface area contributed by atoms with Gasteiger partial charge in [0, 0.05) is 11.4 Å². The summed E-state index contributed by atoms with van der Waals surface area (Å²) in [5.74, 6) is 0.684. The molecule has 1 heterocycles. The Morgan fingerprint density at radius 2 is 2.00 bits per heavy atom. The van der Waals surface area contributed by atoms with E-state index in [1.165, 1.54) is 16.0 Å². The van der Waals surface area contributed by atoms with Gasteiger partial charge < -0.3 is 5.32 Å². The SMILES string of the molecule is CSc1nnc(Sc2ccc(CNCC(C)C)cc2C)s1. The van der Waals surface area contributed by atoms with Crippen molar-refractivity contribution in [3.05, 3.63) is 29.3 Å². The van der Waals surface area contributed by atoms with E-state index in [2.05, 4.69) is 54.5 Å². The number of aromatic nitrogens is 2. The Morgan fingerprint density at radius 3 is 2.62 bits per heavy atom. The number of aryl methyl sites for hydroxylation is 1. The lowest BCUT2D eigenvalue weighted by atomic mass is 10.1. The van der Waals surface area contributed by atoms with Gasteiger partial charge in [0.15, 0.2) is 8.68 Å². The summed E-state index contributed by atoms with van der Waals surface area (Å²) in [7, 11) is 0. The minimum atomic E-state index is 0.684. The summed E-state index contributed by atoms with van der Waals surface area (Å²) in [5.41, 5.74) is 2.63. The van der Waals surface area contributed by atoms with Crippen LogP contribution in [-0.4, -0.2) is 23.0 Å². The fourth-order valence-electron chi connectivity index (χ4n) is 1.86. The van der Waals surface area contributed by atoms with Crippen molar-refractivity contribution < 1.29 is 0 Å². The van der Waals surface area contributed by atoms with Crippen molar-refractivity contribution in [2.75, 3.05) is 12.8 Å². The van der Waals surface area contributed by atoms with Gasteiger partial charge in [0.25, 0.3) is 0 Å². The van der Waals surface area contributed by atoms with Gasteiger partial charge in [0.2, 0.25) is 0 Å². The van der Waals surface area contributed by atoms with Crippen LogP contribution in [0.4, 0.5) is 0 Å². The third-order valence-corrected chi connectivity index (χ3v) is 6.01. The monoisotopic (exact) mass is 339 g/mol. The molecule has 0 saturated carbocycles. The van der Waals surface area contributed by atoms with Crippen LogP contribution in [-0.2, 0) is 6.54 Å². The molecule has 0 bridgehead atoms. The second-order valence-corrected chi connectivity index (χ2v) is 8.58. The van der Waals surface area contributed by atoms with E-state index in [1.54, 1.807) is 34.9 Å². The highest BCUT2D eigenvalue weighted by atomic mass is 32.2. The van der Waals surface area contributed by atoms with E-state index >= 15 is 0 Å². The van der Waals surface area contributed by atoms with Gasteiger partial charge in [-0.3, -0.25) is 0 Å². The summed E-state index contributed by atoms with van der Waals surface area (Å²) >= 11 is 4.99. The van der Waals surface area contributed by atoms with Gasteiger partial charge in [0.1, 0.15) is 0 Å². The van der Waals surface area contributed by atoms with Crippen molar-refractivity contribution in [2.45, 2.75) is 40.9 Å². The quantitative estimate of drug-likeness (QED) is 0.754. The Hall–Kier alpha value is -0.560. The van der Waals surface area contributed by atoms with E-state index in [-0.39, 0.29) is 0 Å². The van der Waals surface area contributed by atoms with Gasteiger partial charge in [0.05, 0.1) is 0 Å². The fraction of sp³-hybridized carbons (Fsp3) is 0.467. The molecule has 0 aliphatic rings. The highest BCUT2D eigenvalue weighted by Gasteiger charge is 2.08. The van der Waals surface area contributed by atoms with Gasteiger partial charge in [-0.15, -0.1) is 10.2 Å². The van der Waals surface area contributed by atoms with Gasteiger partial charge in [-0.1, -0.05) is 60.8 Å². The van der Waals surface area contributed by atoms with Crippen molar-refractivity contribution in [2.24, 2.45) is 5.92 Å². The highest BCUT2D eigenvalue weighted by Crippen LogP contribution is 2.34. The molecule has 21 heavy (non-hydrogen) atoms. The van der Waals surface area contributed by atoms with Gasteiger partial charge in [-0.2, -0.15) is 0 Å². The number of thioether (sulfide) groups is 1. The number of nitrogens with zero attached hydrogens (tertiary/aromatic N) is 2. The number of hydrogen-bond donors (Lipinski definition) is 1. The fourth-order valence-corrected chi connectivity index (χ4v) is 4.32. The molecule has 0 saturated heterocycles. The molecular weight excluding hydrogens is 318 g/mol. The number of benzene rings is 1. The zero-order valence-electron chi connectivity index (χ0n) is 12.8. The van der Waals surface area contributed by atoms with E-state index in [1.807, 2.05) is 6.26 Å². The number of hydrogen-bond acceptors (Lipinski definition) is 6. The molecule has 0 aliphatic heterocycles. The zero-order valence-corrected chi connectivity index (χ0v) is 15.3. The summed E-state index contributed by atoms with van der Waals surface area (Å²) in [5, 5.41) is 11.8. The summed E-state index contributed by atoms with van der Waals surface area (Å²) in [6.45, 7) is 8.59. The van der Waals surface area contributed by atoms with Crippen LogP contribution in [0.3, 0.4) is 0 Å². The predicted molar refractivity (Wildman–Crippen MR) is 93.5 cm³/mol. The molecule has 0 atom stereocenters. The van der Waals surface area contributed by atoms with Crippen LogP contribution in [0.1, 0.15) is 25.0 Å². The Kier molecular flexibility index (Phi) is 6.54. The van der Waals surface area contributed by atoms with Crippen LogP contribution in [0.5, 0.6) is 0 Å². The summed E-state index contributed by atoms with van der Waals surface area (Å²) in [6, 6.07) is 6.64. The molecule has 114 valence electrons. The minimum absolute atomic E-state index is 0.684. The molecule has 1 N–H and O–H groups in total. The van der Waals surface area contributed by atoms with E-state index in [0.29, 0.717) is 5.92 Å². The van der Waals surface area contributed by atoms with Crippen LogP contribution in [0.25, 0.3) is 0 Å². The van der Waals surface area contributed by atoms with Crippen LogP contribution < -0.4 is 5.32 Å². The van der Waals surface area contributed by atoms with E-state index < -0.39 is 0 Å². The lowest BCUT2D eigenvalue weighted by molar-refractivity contribution is 0.552. The minimum Gasteiger partial charge on any atom is -0.312 e. The van der Waals surface area contributed by atoms with Gasteiger partial charge in [-0.25, -0.2) is 0 Å². The Bertz CT molecular complexity index is 581. The predicted octanol–water partition coefficient (Wildman–Crippen LogP) is 4.47. The Labute approximate surface area is 139 Å². The average molecular weight is 340 g/mol. The number of rotatable bonds is 7. The lowest BCUT2D eigenvalue weighted by Crippen LogP contribution is -2.18. The smallest absolute Gasteiger partial charge is 0.179 e. The largest absolute Gasteiger partial charge is 0.312 e. The first kappa shape index (κ1) is 16.8. The molecule has 0 fully saturated rings. The van der Waals surface area contributed by atoms with Crippen LogP contribution >= 0.6 is 34.9 Å². The van der Waals surface area contributed by atoms with Crippen LogP contribution in [0, 0.1) is 12.8 Å². The highest BCUT2D eigenvalue weighted by molar-refractivity contribution is 8.03. The lowest BCUT2D eigenvalue weighted by Gasteiger charge is -2.09. The first-order valence-electron chi connectivity index (χ1n) is 6.94. The molecule has 0 radical (unpaired) electrons. The summed E-state index contributed by atoms with van der Waals surface area (Å²) in [4.78, 5) is 1.26. The molecule has 3 nitrogen and oxygen atoms in total. The molecule has 2 rings (SSSR count). The molecule has 6 heteroatoms. The first-order valence-corrected chi connectivity index (χ1v) is 9.80. The maximum absolute atomic E-state index is 4.21. The van der Waals surface area contributed by atoms with Crippen molar-refractivity contribution in [1.82, 2.24) is 15.5 Å². The number of nitrogens with one attached hydrogen (secondary N) is 1. The van der Waals surface area contributed by atoms with E-state index in [4.69, 9.17) is 0 Å². The molecule has 0 aliphatic carbocycles. The van der Waals surface area contributed by atoms with Crippen molar-refractivity contribution in [3.63, 3.8) is 0 Å². The third-order valence-electron chi connectivity index (χ3n) is 2.88. The van der Waals surface area contributed by atoms with Crippen molar-refractivity contribution in [3.8, 4) is 0 Å². The standard InChI is InChI=1S/C15H21N3S3/c1-10(2)8-16-9-12-5-6-13(11(3)7-12)20-15-18-17-14(19-4)21-15/h5-7,10,16H,8-9H2,1-4H3. The van der Waals surface area contributed by atoms with Crippen LogP contribution in [0.15, 0.2) is 31.8 Å². The topological polar surface area (TPSA) is 37.8 Å². The molecule has 0 amide bonds. The maximum Gasteiger partial charge on any atom is 0.179 e. The van der Waals surface area contributed by atoms with Gasteiger partial charge >= 0.3 is 0 Å². The second-order valence-electron chi connectivity index (χ2n) is 5.26. The maximum atomic E-state index is 4.21. The molecule has 0 spiro atoms. The molecule has 1 aromatic carbocycles. The molecule has 1 aromatic heterocycles. The Balaban J connectivity index is 1.98. The summed E-state index contributed by atoms with van der Waals surface area (Å²) in [6.07, 6.45) is 2.03. The molecule has 2 aromatic rings. The normalized spacial score (nSPS) is 11.3.